The molecule has 2 rings (SSSR count). The molecule has 2 aromatic rings. The Labute approximate surface area is 94.7 Å². The van der Waals surface area contributed by atoms with Gasteiger partial charge in [-0.05, 0) is 12.1 Å². The summed E-state index contributed by atoms with van der Waals surface area (Å²) < 4.78 is 0. The monoisotopic (exact) mass is 238 g/mol. The van der Waals surface area contributed by atoms with Crippen LogP contribution in [0.25, 0.3) is 11.3 Å². The number of carboxylic acid groups (broad SMARTS) is 1. The van der Waals surface area contributed by atoms with Crippen LogP contribution in [0.1, 0.15) is 10.4 Å². The largest absolute Gasteiger partial charge is 0.477 e. The summed E-state index contributed by atoms with van der Waals surface area (Å²) in [7, 11) is 0. The minimum Gasteiger partial charge on any atom is -0.477 e. The van der Waals surface area contributed by atoms with Crippen LogP contribution >= 0.6 is 11.6 Å². The van der Waals surface area contributed by atoms with Crippen LogP contribution in [0.3, 0.4) is 0 Å². The number of benzene rings is 1. The quantitative estimate of drug-likeness (QED) is 0.745. The third-order valence-electron chi connectivity index (χ3n) is 2.12. The molecule has 1 heterocycles. The van der Waals surface area contributed by atoms with E-state index in [-0.39, 0.29) is 11.3 Å². The normalized spacial score (nSPS) is 10.3. The maximum atomic E-state index is 11.2. The molecule has 5 nitrogen and oxygen atoms in total. The van der Waals surface area contributed by atoms with Crippen LogP contribution in [-0.2, 0) is 0 Å². The predicted octanol–water partition coefficient (Wildman–Crippen LogP) is 1.72. The fraction of sp³-hybridized carbons (Fsp3) is 0. The Bertz CT molecular complexity index is 583. The van der Waals surface area contributed by atoms with Crippen LogP contribution < -0.4 is 5.56 Å². The smallest absolute Gasteiger partial charge is 0.343 e. The lowest BCUT2D eigenvalue weighted by molar-refractivity contribution is 0.0696. The highest BCUT2D eigenvalue weighted by Gasteiger charge is 2.18. The van der Waals surface area contributed by atoms with Crippen LogP contribution in [-0.4, -0.2) is 21.3 Å². The third kappa shape index (κ3) is 1.72. The molecular weight excluding hydrogens is 232 g/mol. The Kier molecular flexibility index (Phi) is 2.54. The van der Waals surface area contributed by atoms with Crippen molar-refractivity contribution in [1.29, 1.82) is 0 Å². The Balaban J connectivity index is 2.60. The fourth-order valence-corrected chi connectivity index (χ4v) is 1.52. The van der Waals surface area contributed by atoms with E-state index in [9.17, 15) is 9.59 Å². The van der Waals surface area contributed by atoms with Gasteiger partial charge in [-0.25, -0.2) is 4.79 Å². The van der Waals surface area contributed by atoms with Crippen molar-refractivity contribution in [3.63, 3.8) is 0 Å². The average molecular weight is 239 g/mol. The number of carboxylic acids is 1. The predicted molar refractivity (Wildman–Crippen MR) is 58.8 cm³/mol. The van der Waals surface area contributed by atoms with Gasteiger partial charge < -0.3 is 5.11 Å². The van der Waals surface area contributed by atoms with Crippen molar-refractivity contribution >= 4 is 17.6 Å². The molecule has 0 amide bonds. The topological polar surface area (TPSA) is 85.9 Å². The van der Waals surface area contributed by atoms with Gasteiger partial charge in [-0.1, -0.05) is 23.7 Å². The summed E-state index contributed by atoms with van der Waals surface area (Å²) in [5.41, 5.74) is -0.130. The lowest BCUT2D eigenvalue weighted by Gasteiger charge is -1.99. The first-order chi connectivity index (χ1) is 7.59. The molecule has 0 radical (unpaired) electrons. The summed E-state index contributed by atoms with van der Waals surface area (Å²) in [4.78, 5) is 22.1. The zero-order chi connectivity index (χ0) is 11.7. The van der Waals surface area contributed by atoms with Gasteiger partial charge in [0, 0.05) is 10.6 Å². The zero-order valence-electron chi connectivity index (χ0n) is 7.95. The maximum Gasteiger partial charge on any atom is 0.343 e. The first kappa shape index (κ1) is 10.5. The van der Waals surface area contributed by atoms with E-state index in [2.05, 4.69) is 10.2 Å². The summed E-state index contributed by atoms with van der Waals surface area (Å²) in [6, 6.07) is 6.50. The molecule has 0 aliphatic heterocycles. The second-order valence-corrected chi connectivity index (χ2v) is 3.58. The lowest BCUT2D eigenvalue weighted by Crippen LogP contribution is -2.12. The van der Waals surface area contributed by atoms with Crippen molar-refractivity contribution in [1.82, 2.24) is 10.2 Å². The molecule has 0 atom stereocenters. The molecule has 0 spiro atoms. The molecule has 0 fully saturated rings. The van der Waals surface area contributed by atoms with Gasteiger partial charge in [-0.2, -0.15) is 0 Å². The van der Waals surface area contributed by atoms with Crippen LogP contribution in [0.5, 0.6) is 0 Å². The van der Waals surface area contributed by atoms with Gasteiger partial charge in [0.05, 0.1) is 5.69 Å². The summed E-state index contributed by atoms with van der Waals surface area (Å²) in [5, 5.41) is 14.2. The molecule has 1 aromatic carbocycles. The molecule has 0 aliphatic rings. The highest BCUT2D eigenvalue weighted by Crippen LogP contribution is 2.21. The Morgan fingerprint density at radius 2 is 1.81 bits per heavy atom. The minimum atomic E-state index is -1.27. The van der Waals surface area contributed by atoms with Crippen molar-refractivity contribution in [2.75, 3.05) is 0 Å². The molecular formula is C10H7ClN2O3. The van der Waals surface area contributed by atoms with Gasteiger partial charge in [-0.15, -0.1) is 0 Å². The number of carbonyl (C=O) groups is 1. The highest BCUT2D eigenvalue weighted by atomic mass is 35.5. The number of aromatic amines is 2. The zero-order valence-corrected chi connectivity index (χ0v) is 8.71. The van der Waals surface area contributed by atoms with Crippen LogP contribution in [0.2, 0.25) is 5.02 Å². The number of H-pyrrole nitrogens is 2. The third-order valence-corrected chi connectivity index (χ3v) is 2.38. The van der Waals surface area contributed by atoms with Crippen molar-refractivity contribution in [2.45, 2.75) is 0 Å². The van der Waals surface area contributed by atoms with Crippen molar-refractivity contribution in [3.8, 4) is 11.3 Å². The van der Waals surface area contributed by atoms with E-state index in [4.69, 9.17) is 16.7 Å². The van der Waals surface area contributed by atoms with Crippen molar-refractivity contribution in [3.05, 3.63) is 45.2 Å². The molecule has 0 bridgehead atoms. The lowest BCUT2D eigenvalue weighted by atomic mass is 10.1. The first-order valence-electron chi connectivity index (χ1n) is 4.39. The Hall–Kier alpha value is -2.01. The summed E-state index contributed by atoms with van der Waals surface area (Å²) in [6.45, 7) is 0. The second kappa shape index (κ2) is 3.86. The molecule has 6 heteroatoms. The van der Waals surface area contributed by atoms with E-state index >= 15 is 0 Å². The van der Waals surface area contributed by atoms with E-state index in [1.54, 1.807) is 24.3 Å². The van der Waals surface area contributed by atoms with Crippen molar-refractivity contribution < 1.29 is 9.90 Å². The van der Waals surface area contributed by atoms with Crippen LogP contribution in [0, 0.1) is 0 Å². The molecule has 0 unspecified atom stereocenters. The molecule has 3 N–H and O–H groups in total. The molecule has 0 aliphatic carbocycles. The fourth-order valence-electron chi connectivity index (χ4n) is 1.39. The van der Waals surface area contributed by atoms with Crippen LogP contribution in [0.15, 0.2) is 29.1 Å². The van der Waals surface area contributed by atoms with E-state index in [0.29, 0.717) is 10.6 Å². The average Bonchev–Trinajstić information content (AvgIpc) is 2.61. The number of hydrogen-bond donors (Lipinski definition) is 3. The molecule has 16 heavy (non-hydrogen) atoms. The molecule has 0 saturated heterocycles. The maximum absolute atomic E-state index is 11.2. The summed E-state index contributed by atoms with van der Waals surface area (Å²) in [6.07, 6.45) is 0. The SMILES string of the molecule is O=C(O)c1c(-c2ccc(Cl)cc2)[nH][nH]c1=O. The van der Waals surface area contributed by atoms with Gasteiger partial charge in [-0.3, -0.25) is 15.0 Å². The molecule has 0 saturated carbocycles. The summed E-state index contributed by atoms with van der Waals surface area (Å²) in [5.74, 6) is -1.27. The van der Waals surface area contributed by atoms with E-state index in [0.717, 1.165) is 0 Å². The van der Waals surface area contributed by atoms with Crippen LogP contribution in [0.4, 0.5) is 0 Å². The van der Waals surface area contributed by atoms with E-state index in [1.807, 2.05) is 0 Å². The second-order valence-electron chi connectivity index (χ2n) is 3.14. The van der Waals surface area contributed by atoms with E-state index in [1.165, 1.54) is 0 Å². The minimum absolute atomic E-state index is 0.245. The molecule has 1 aromatic heterocycles. The van der Waals surface area contributed by atoms with Gasteiger partial charge in [0.2, 0.25) is 0 Å². The number of rotatable bonds is 2. The van der Waals surface area contributed by atoms with Crippen molar-refractivity contribution in [2.24, 2.45) is 0 Å². The first-order valence-corrected chi connectivity index (χ1v) is 4.77. The Morgan fingerprint density at radius 1 is 1.19 bits per heavy atom. The number of hydrogen-bond acceptors (Lipinski definition) is 2. The highest BCUT2D eigenvalue weighted by molar-refractivity contribution is 6.30. The number of halogens is 1. The Morgan fingerprint density at radius 3 is 2.38 bits per heavy atom. The summed E-state index contributed by atoms with van der Waals surface area (Å²) >= 11 is 5.71. The number of aromatic nitrogens is 2. The van der Waals surface area contributed by atoms with Gasteiger partial charge in [0.1, 0.15) is 0 Å². The van der Waals surface area contributed by atoms with Gasteiger partial charge in [0.25, 0.3) is 5.56 Å². The van der Waals surface area contributed by atoms with Gasteiger partial charge >= 0.3 is 5.97 Å². The molecule has 82 valence electrons. The standard InChI is InChI=1S/C10H7ClN2O3/c11-6-3-1-5(2-4-6)8-7(10(15)16)9(14)13-12-8/h1-4H,(H,15,16)(H2,12,13,14). The number of aromatic carboxylic acids is 1. The number of nitrogens with one attached hydrogen (secondary N) is 2. The van der Waals surface area contributed by atoms with Gasteiger partial charge in [0.15, 0.2) is 5.56 Å². The van der Waals surface area contributed by atoms with E-state index < -0.39 is 11.5 Å².